The number of nitrogens with zero attached hydrogens (tertiary/aromatic N) is 3. The Hall–Kier alpha value is -2.87. The van der Waals surface area contributed by atoms with Crippen LogP contribution in [0.25, 0.3) is 0 Å². The molecule has 0 aromatic heterocycles. The van der Waals surface area contributed by atoms with E-state index in [1.165, 1.54) is 12.1 Å². The summed E-state index contributed by atoms with van der Waals surface area (Å²) in [5.41, 5.74) is 1.47. The normalized spacial score (nSPS) is 17.3. The Morgan fingerprint density at radius 2 is 2.00 bits per heavy atom. The maximum Gasteiger partial charge on any atom is 0.269 e. The number of nitro groups is 1. The van der Waals surface area contributed by atoms with Crippen molar-refractivity contribution in [3.8, 4) is 0 Å². The third kappa shape index (κ3) is 4.42. The molecule has 1 saturated heterocycles. The fourth-order valence-corrected chi connectivity index (χ4v) is 3.95. The van der Waals surface area contributed by atoms with Crippen LogP contribution in [-0.2, 0) is 9.59 Å². The molecule has 1 fully saturated rings. The van der Waals surface area contributed by atoms with Gasteiger partial charge in [0.1, 0.15) is 0 Å². The highest BCUT2D eigenvalue weighted by molar-refractivity contribution is 7.98. The van der Waals surface area contributed by atoms with E-state index in [-0.39, 0.29) is 30.0 Å². The van der Waals surface area contributed by atoms with E-state index in [4.69, 9.17) is 0 Å². The molecule has 7 nitrogen and oxygen atoms in total. The first-order valence-electron chi connectivity index (χ1n) is 9.27. The van der Waals surface area contributed by atoms with E-state index < -0.39 is 10.8 Å². The highest BCUT2D eigenvalue weighted by Gasteiger charge is 2.37. The molecule has 1 heterocycles. The predicted octanol–water partition coefficient (Wildman–Crippen LogP) is 3.89. The Bertz CT molecular complexity index is 949. The molecule has 29 heavy (non-hydrogen) atoms. The second kappa shape index (κ2) is 8.65. The zero-order valence-electron chi connectivity index (χ0n) is 16.6. The number of carbonyl (C=O) groups is 2. The van der Waals surface area contributed by atoms with E-state index in [0.29, 0.717) is 12.1 Å². The lowest BCUT2D eigenvalue weighted by atomic mass is 10.0. The molecule has 2 aromatic rings. The number of nitro benzene ring substituents is 1. The number of hydrogen-bond donors (Lipinski definition) is 0. The molecule has 0 spiro atoms. The topological polar surface area (TPSA) is 83.8 Å². The number of rotatable bonds is 6. The van der Waals surface area contributed by atoms with Gasteiger partial charge in [0.2, 0.25) is 11.8 Å². The van der Waals surface area contributed by atoms with Gasteiger partial charge in [-0.2, -0.15) is 0 Å². The average molecular weight is 413 g/mol. The Balaban J connectivity index is 1.73. The molecule has 2 atom stereocenters. The highest BCUT2D eigenvalue weighted by atomic mass is 32.2. The van der Waals surface area contributed by atoms with Crippen LogP contribution >= 0.6 is 11.8 Å². The second-order valence-corrected chi connectivity index (χ2v) is 7.96. The van der Waals surface area contributed by atoms with Gasteiger partial charge in [0.05, 0.1) is 16.9 Å². The molecule has 2 aromatic carbocycles. The van der Waals surface area contributed by atoms with Gasteiger partial charge >= 0.3 is 0 Å². The Kier molecular flexibility index (Phi) is 6.22. The quantitative estimate of drug-likeness (QED) is 0.408. The van der Waals surface area contributed by atoms with Gasteiger partial charge in [-0.25, -0.2) is 0 Å². The first-order chi connectivity index (χ1) is 13.8. The van der Waals surface area contributed by atoms with Crippen molar-refractivity contribution in [3.63, 3.8) is 0 Å². The van der Waals surface area contributed by atoms with Crippen molar-refractivity contribution in [2.24, 2.45) is 5.92 Å². The van der Waals surface area contributed by atoms with Crippen molar-refractivity contribution in [3.05, 3.63) is 64.2 Å². The fourth-order valence-electron chi connectivity index (χ4n) is 3.50. The summed E-state index contributed by atoms with van der Waals surface area (Å²) in [7, 11) is 1.67. The Labute approximate surface area is 173 Å². The summed E-state index contributed by atoms with van der Waals surface area (Å²) in [6, 6.07) is 13.6. The van der Waals surface area contributed by atoms with Gasteiger partial charge < -0.3 is 9.80 Å². The Morgan fingerprint density at radius 1 is 1.28 bits per heavy atom. The summed E-state index contributed by atoms with van der Waals surface area (Å²) < 4.78 is 0. The van der Waals surface area contributed by atoms with Crippen molar-refractivity contribution in [1.82, 2.24) is 4.90 Å². The van der Waals surface area contributed by atoms with Gasteiger partial charge in [-0.3, -0.25) is 19.7 Å². The SMILES string of the molecule is CSc1cccc(N2C[C@H](C(=O)N(C)[C@H](C)c3cccc([N+](=O)[O-])c3)CC2=O)c1. The van der Waals surface area contributed by atoms with Gasteiger partial charge in [0.15, 0.2) is 0 Å². The van der Waals surface area contributed by atoms with Crippen LogP contribution in [-0.4, -0.2) is 41.5 Å². The van der Waals surface area contributed by atoms with E-state index in [1.54, 1.807) is 40.7 Å². The summed E-state index contributed by atoms with van der Waals surface area (Å²) in [5, 5.41) is 11.0. The molecule has 0 N–H and O–H groups in total. The number of carbonyl (C=O) groups excluding carboxylic acids is 2. The largest absolute Gasteiger partial charge is 0.339 e. The lowest BCUT2D eigenvalue weighted by Crippen LogP contribution is -2.36. The molecule has 152 valence electrons. The number of non-ortho nitro benzene ring substituents is 1. The number of hydrogen-bond acceptors (Lipinski definition) is 5. The van der Waals surface area contributed by atoms with Gasteiger partial charge in [0.25, 0.3) is 5.69 Å². The zero-order chi connectivity index (χ0) is 21.1. The van der Waals surface area contributed by atoms with Gasteiger partial charge in [0, 0.05) is 42.7 Å². The first kappa shape index (κ1) is 20.9. The molecule has 0 unspecified atom stereocenters. The summed E-state index contributed by atoms with van der Waals surface area (Å²) in [5.74, 6) is -0.648. The van der Waals surface area contributed by atoms with Crippen LogP contribution < -0.4 is 4.90 Å². The van der Waals surface area contributed by atoms with E-state index >= 15 is 0 Å². The number of thioether (sulfide) groups is 1. The van der Waals surface area contributed by atoms with Gasteiger partial charge in [-0.15, -0.1) is 11.8 Å². The minimum Gasteiger partial charge on any atom is -0.339 e. The molecule has 8 heteroatoms. The minimum atomic E-state index is -0.450. The molecule has 0 bridgehead atoms. The molecule has 1 aliphatic rings. The summed E-state index contributed by atoms with van der Waals surface area (Å²) in [6.45, 7) is 2.16. The van der Waals surface area contributed by atoms with Crippen molar-refractivity contribution < 1.29 is 14.5 Å². The number of benzene rings is 2. The molecule has 1 aliphatic heterocycles. The lowest BCUT2D eigenvalue weighted by molar-refractivity contribution is -0.384. The van der Waals surface area contributed by atoms with E-state index in [2.05, 4.69) is 0 Å². The van der Waals surface area contributed by atoms with E-state index in [9.17, 15) is 19.7 Å². The first-order valence-corrected chi connectivity index (χ1v) is 10.5. The highest BCUT2D eigenvalue weighted by Crippen LogP contribution is 2.31. The van der Waals surface area contributed by atoms with Crippen molar-refractivity contribution in [2.45, 2.75) is 24.3 Å². The molecule has 0 radical (unpaired) electrons. The smallest absolute Gasteiger partial charge is 0.269 e. The molecule has 0 aliphatic carbocycles. The van der Waals surface area contributed by atoms with Crippen LogP contribution in [0.4, 0.5) is 11.4 Å². The lowest BCUT2D eigenvalue weighted by Gasteiger charge is -2.27. The third-order valence-electron chi connectivity index (χ3n) is 5.33. The summed E-state index contributed by atoms with van der Waals surface area (Å²) in [4.78, 5) is 40.4. The molecule has 0 saturated carbocycles. The molecule has 2 amide bonds. The van der Waals surface area contributed by atoms with Crippen LogP contribution in [0, 0.1) is 16.0 Å². The number of anilines is 1. The zero-order valence-corrected chi connectivity index (χ0v) is 17.4. The molecular formula is C21H23N3O4S. The van der Waals surface area contributed by atoms with Crippen LogP contribution in [0.3, 0.4) is 0 Å². The maximum atomic E-state index is 13.0. The van der Waals surface area contributed by atoms with Crippen molar-refractivity contribution in [1.29, 1.82) is 0 Å². The number of amides is 2. The average Bonchev–Trinajstić information content (AvgIpc) is 3.13. The van der Waals surface area contributed by atoms with E-state index in [1.807, 2.05) is 37.4 Å². The standard InChI is InChI=1S/C21H23N3O4S/c1-14(15-6-4-8-18(10-15)24(27)28)22(2)21(26)16-11-20(25)23(13-16)17-7-5-9-19(12-17)29-3/h4-10,12,14,16H,11,13H2,1-3H3/t14-,16-/m1/s1. The van der Waals surface area contributed by atoms with Crippen LogP contribution in [0.5, 0.6) is 0 Å². The van der Waals surface area contributed by atoms with Crippen LogP contribution in [0.1, 0.15) is 24.9 Å². The van der Waals surface area contributed by atoms with Crippen LogP contribution in [0.2, 0.25) is 0 Å². The van der Waals surface area contributed by atoms with Crippen LogP contribution in [0.15, 0.2) is 53.4 Å². The molecule has 3 rings (SSSR count). The molecular weight excluding hydrogens is 390 g/mol. The Morgan fingerprint density at radius 3 is 2.69 bits per heavy atom. The summed E-state index contributed by atoms with van der Waals surface area (Å²) in [6.07, 6.45) is 2.13. The summed E-state index contributed by atoms with van der Waals surface area (Å²) >= 11 is 1.60. The monoisotopic (exact) mass is 413 g/mol. The van der Waals surface area contributed by atoms with Crippen molar-refractivity contribution in [2.75, 3.05) is 24.7 Å². The fraction of sp³-hybridized carbons (Fsp3) is 0.333. The second-order valence-electron chi connectivity index (χ2n) is 7.08. The van der Waals surface area contributed by atoms with Gasteiger partial charge in [-0.05, 0) is 36.9 Å². The van der Waals surface area contributed by atoms with E-state index in [0.717, 1.165) is 10.6 Å². The predicted molar refractivity (Wildman–Crippen MR) is 113 cm³/mol. The minimum absolute atomic E-state index is 0.00825. The third-order valence-corrected chi connectivity index (χ3v) is 6.06. The van der Waals surface area contributed by atoms with Gasteiger partial charge in [-0.1, -0.05) is 18.2 Å². The van der Waals surface area contributed by atoms with Crippen molar-refractivity contribution >= 4 is 35.0 Å². The maximum absolute atomic E-state index is 13.0.